The van der Waals surface area contributed by atoms with E-state index in [-0.39, 0.29) is 5.82 Å². The minimum absolute atomic E-state index is 0.354. The van der Waals surface area contributed by atoms with Gasteiger partial charge in [0.1, 0.15) is 5.82 Å². The van der Waals surface area contributed by atoms with Crippen LogP contribution in [-0.2, 0) is 10.5 Å². The lowest BCUT2D eigenvalue weighted by Crippen LogP contribution is -2.02. The number of thioether (sulfide) groups is 1. The fraction of sp³-hybridized carbons (Fsp3) is 0.143. The van der Waals surface area contributed by atoms with E-state index < -0.39 is 5.97 Å². The van der Waals surface area contributed by atoms with Crippen molar-refractivity contribution >= 4 is 23.4 Å². The average Bonchev–Trinajstić information content (AvgIpc) is 2.46. The Bertz CT molecular complexity index is 617. The lowest BCUT2D eigenvalue weighted by atomic mass is 10.2. The number of methoxy groups -OCH3 is 1. The Morgan fingerprint density at radius 2 is 2.20 bits per heavy atom. The number of ether oxygens (including phenoxy) is 1. The van der Waals surface area contributed by atoms with Crippen LogP contribution in [0.3, 0.4) is 0 Å². The predicted molar refractivity (Wildman–Crippen MR) is 75.9 cm³/mol. The van der Waals surface area contributed by atoms with Gasteiger partial charge in [0.25, 0.3) is 0 Å². The Morgan fingerprint density at radius 3 is 2.80 bits per heavy atom. The second kappa shape index (κ2) is 6.38. The third-order valence-electron chi connectivity index (χ3n) is 2.59. The molecular formula is C14H13FN2O2S. The number of aromatic nitrogens is 1. The highest BCUT2D eigenvalue weighted by Gasteiger charge is 2.07. The minimum atomic E-state index is -0.417. The van der Waals surface area contributed by atoms with Crippen molar-refractivity contribution in [1.29, 1.82) is 0 Å². The van der Waals surface area contributed by atoms with E-state index in [1.54, 1.807) is 18.2 Å². The van der Waals surface area contributed by atoms with E-state index in [2.05, 4.69) is 9.72 Å². The van der Waals surface area contributed by atoms with E-state index in [1.807, 2.05) is 0 Å². The Morgan fingerprint density at radius 1 is 1.40 bits per heavy atom. The highest BCUT2D eigenvalue weighted by molar-refractivity contribution is 7.98. The lowest BCUT2D eigenvalue weighted by Gasteiger charge is -2.05. The number of benzene rings is 1. The van der Waals surface area contributed by atoms with Crippen molar-refractivity contribution in [3.8, 4) is 0 Å². The fourth-order valence-corrected chi connectivity index (χ4v) is 2.41. The van der Waals surface area contributed by atoms with E-state index in [1.165, 1.54) is 37.2 Å². The number of anilines is 1. The molecule has 20 heavy (non-hydrogen) atoms. The topological polar surface area (TPSA) is 65.2 Å². The number of pyridine rings is 1. The summed E-state index contributed by atoms with van der Waals surface area (Å²) in [5, 5.41) is 0. The Kier molecular flexibility index (Phi) is 4.57. The number of rotatable bonds is 4. The van der Waals surface area contributed by atoms with Gasteiger partial charge in [-0.05, 0) is 30.3 Å². The summed E-state index contributed by atoms with van der Waals surface area (Å²) < 4.78 is 17.5. The van der Waals surface area contributed by atoms with E-state index in [4.69, 9.17) is 5.73 Å². The fourth-order valence-electron chi connectivity index (χ4n) is 1.55. The van der Waals surface area contributed by atoms with Gasteiger partial charge < -0.3 is 10.5 Å². The molecule has 6 heteroatoms. The number of nitrogens with two attached hydrogens (primary N) is 1. The van der Waals surface area contributed by atoms with Gasteiger partial charge in [0.15, 0.2) is 0 Å². The molecule has 1 heterocycles. The highest BCUT2D eigenvalue weighted by atomic mass is 32.2. The quantitative estimate of drug-likeness (QED) is 0.533. The van der Waals surface area contributed by atoms with Gasteiger partial charge in [-0.25, -0.2) is 9.18 Å². The van der Waals surface area contributed by atoms with E-state index >= 15 is 0 Å². The molecule has 0 unspecified atom stereocenters. The zero-order chi connectivity index (χ0) is 14.5. The summed E-state index contributed by atoms with van der Waals surface area (Å²) in [6, 6.07) is 7.70. The van der Waals surface area contributed by atoms with Crippen molar-refractivity contribution < 1.29 is 13.9 Å². The molecule has 0 radical (unpaired) electrons. The molecule has 0 aliphatic heterocycles. The van der Waals surface area contributed by atoms with Gasteiger partial charge in [0.2, 0.25) is 0 Å². The summed E-state index contributed by atoms with van der Waals surface area (Å²) >= 11 is 1.46. The third-order valence-corrected chi connectivity index (χ3v) is 3.72. The van der Waals surface area contributed by atoms with Gasteiger partial charge in [0.05, 0.1) is 18.4 Å². The summed E-state index contributed by atoms with van der Waals surface area (Å²) in [6.07, 6.45) is 1.47. The van der Waals surface area contributed by atoms with Crippen molar-refractivity contribution in [2.75, 3.05) is 12.8 Å². The van der Waals surface area contributed by atoms with Gasteiger partial charge in [-0.1, -0.05) is 0 Å². The van der Waals surface area contributed by atoms with Crippen LogP contribution < -0.4 is 5.73 Å². The van der Waals surface area contributed by atoms with Crippen molar-refractivity contribution in [3.05, 3.63) is 53.6 Å². The number of esters is 1. The summed E-state index contributed by atoms with van der Waals surface area (Å²) in [7, 11) is 1.32. The largest absolute Gasteiger partial charge is 0.465 e. The molecule has 0 spiro atoms. The molecule has 0 fully saturated rings. The number of hydrogen-bond acceptors (Lipinski definition) is 5. The summed E-state index contributed by atoms with van der Waals surface area (Å²) in [5.74, 6) is -0.191. The van der Waals surface area contributed by atoms with Crippen LogP contribution >= 0.6 is 11.8 Å². The van der Waals surface area contributed by atoms with E-state index in [0.717, 1.165) is 10.6 Å². The van der Waals surface area contributed by atoms with Crippen LogP contribution in [0.1, 0.15) is 16.1 Å². The molecule has 2 rings (SSSR count). The van der Waals surface area contributed by atoms with Crippen LogP contribution in [0.25, 0.3) is 0 Å². The van der Waals surface area contributed by atoms with Crippen LogP contribution in [0.15, 0.2) is 41.4 Å². The third kappa shape index (κ3) is 3.48. The van der Waals surface area contributed by atoms with Crippen LogP contribution in [-0.4, -0.2) is 18.1 Å². The normalized spacial score (nSPS) is 10.3. The van der Waals surface area contributed by atoms with Crippen molar-refractivity contribution in [1.82, 2.24) is 4.98 Å². The zero-order valence-corrected chi connectivity index (χ0v) is 11.6. The average molecular weight is 292 g/mol. The Balaban J connectivity index is 2.02. The Labute approximate surface area is 120 Å². The molecule has 0 bridgehead atoms. The van der Waals surface area contributed by atoms with Gasteiger partial charge in [-0.3, -0.25) is 4.98 Å². The molecule has 4 nitrogen and oxygen atoms in total. The smallest absolute Gasteiger partial charge is 0.339 e. The maximum absolute atomic E-state index is 12.9. The monoisotopic (exact) mass is 292 g/mol. The molecular weight excluding hydrogens is 279 g/mol. The predicted octanol–water partition coefficient (Wildman–Crippen LogP) is 2.88. The number of carbonyl (C=O) groups is 1. The number of nitrogen functional groups attached to an aromatic ring is 1. The van der Waals surface area contributed by atoms with E-state index in [9.17, 15) is 9.18 Å². The van der Waals surface area contributed by atoms with Crippen molar-refractivity contribution in [2.45, 2.75) is 10.6 Å². The molecule has 0 aliphatic carbocycles. The van der Waals surface area contributed by atoms with Gasteiger partial charge in [-0.2, -0.15) is 0 Å². The maximum atomic E-state index is 12.9. The van der Waals surface area contributed by atoms with Gasteiger partial charge in [0, 0.05) is 22.5 Å². The Hall–Kier alpha value is -2.08. The van der Waals surface area contributed by atoms with Crippen molar-refractivity contribution in [2.24, 2.45) is 0 Å². The first kappa shape index (κ1) is 14.3. The molecule has 0 aliphatic rings. The van der Waals surface area contributed by atoms with Crippen LogP contribution in [0.2, 0.25) is 0 Å². The van der Waals surface area contributed by atoms with Crippen LogP contribution in [0, 0.1) is 5.82 Å². The molecule has 0 atom stereocenters. The molecule has 0 saturated heterocycles. The zero-order valence-electron chi connectivity index (χ0n) is 10.8. The summed E-state index contributed by atoms with van der Waals surface area (Å²) in [5.41, 5.74) is 7.33. The number of nitrogens with zero attached hydrogens (tertiary/aromatic N) is 1. The first-order chi connectivity index (χ1) is 9.60. The molecule has 104 valence electrons. The summed E-state index contributed by atoms with van der Waals surface area (Å²) in [4.78, 5) is 16.2. The molecule has 1 aromatic heterocycles. The molecule has 0 saturated carbocycles. The SMILES string of the molecule is COC(=O)c1ccc(CSc2ccc(F)cc2N)nc1. The van der Waals surface area contributed by atoms with E-state index in [0.29, 0.717) is 17.0 Å². The number of carbonyl (C=O) groups excluding carboxylic acids is 1. The minimum Gasteiger partial charge on any atom is -0.465 e. The second-order valence-corrected chi connectivity index (χ2v) is 5.02. The second-order valence-electron chi connectivity index (χ2n) is 4.00. The number of hydrogen-bond donors (Lipinski definition) is 1. The highest BCUT2D eigenvalue weighted by Crippen LogP contribution is 2.28. The summed E-state index contributed by atoms with van der Waals surface area (Å²) in [6.45, 7) is 0. The number of halogens is 1. The molecule has 1 aromatic carbocycles. The van der Waals surface area contributed by atoms with Crippen LogP contribution in [0.5, 0.6) is 0 Å². The lowest BCUT2D eigenvalue weighted by molar-refractivity contribution is 0.0600. The maximum Gasteiger partial charge on any atom is 0.339 e. The molecule has 2 aromatic rings. The molecule has 0 amide bonds. The van der Waals surface area contributed by atoms with Crippen molar-refractivity contribution in [3.63, 3.8) is 0 Å². The van der Waals surface area contributed by atoms with Crippen LogP contribution in [0.4, 0.5) is 10.1 Å². The first-order valence-electron chi connectivity index (χ1n) is 5.81. The standard InChI is InChI=1S/C14H13FN2O2S/c1-19-14(18)9-2-4-11(17-7-9)8-20-13-5-3-10(15)6-12(13)16/h2-7H,8,16H2,1H3. The van der Waals surface area contributed by atoms with Gasteiger partial charge in [-0.15, -0.1) is 11.8 Å². The first-order valence-corrected chi connectivity index (χ1v) is 6.80. The molecule has 2 N–H and O–H groups in total. The van der Waals surface area contributed by atoms with Gasteiger partial charge >= 0.3 is 5.97 Å².